The Morgan fingerprint density at radius 3 is 2.69 bits per heavy atom. The van der Waals surface area contributed by atoms with Crippen molar-refractivity contribution in [3.63, 3.8) is 0 Å². The number of halogens is 2. The van der Waals surface area contributed by atoms with E-state index >= 15 is 0 Å². The first-order valence-corrected chi connectivity index (χ1v) is 7.26. The van der Waals surface area contributed by atoms with Gasteiger partial charge in [0.2, 0.25) is 0 Å². The van der Waals surface area contributed by atoms with E-state index in [1.807, 2.05) is 13.0 Å². The van der Waals surface area contributed by atoms with Crippen LogP contribution in [0.5, 0.6) is 0 Å². The summed E-state index contributed by atoms with van der Waals surface area (Å²) in [5.74, 6) is 1.34. The summed E-state index contributed by atoms with van der Waals surface area (Å²) in [7, 11) is -0.925. The molecule has 16 heavy (non-hydrogen) atoms. The average molecular weight is 280 g/mol. The van der Waals surface area contributed by atoms with Gasteiger partial charge < -0.3 is 5.73 Å². The van der Waals surface area contributed by atoms with Gasteiger partial charge >= 0.3 is 0 Å². The predicted octanol–water partition coefficient (Wildman–Crippen LogP) is 2.84. The molecule has 0 aliphatic heterocycles. The van der Waals surface area contributed by atoms with Crippen LogP contribution in [-0.2, 0) is 16.6 Å². The monoisotopic (exact) mass is 279 g/mol. The largest absolute Gasteiger partial charge is 0.330 e. The van der Waals surface area contributed by atoms with E-state index in [2.05, 4.69) is 0 Å². The van der Waals surface area contributed by atoms with Crippen LogP contribution in [-0.4, -0.2) is 16.5 Å². The van der Waals surface area contributed by atoms with Crippen molar-refractivity contribution in [3.05, 3.63) is 33.8 Å². The molecule has 1 aromatic carbocycles. The first-order valence-electron chi connectivity index (χ1n) is 5.02. The second kappa shape index (κ2) is 6.60. The lowest BCUT2D eigenvalue weighted by molar-refractivity contribution is 0.640. The van der Waals surface area contributed by atoms with Crippen molar-refractivity contribution >= 4 is 34.0 Å². The summed E-state index contributed by atoms with van der Waals surface area (Å²) in [5.41, 5.74) is 6.35. The minimum Gasteiger partial charge on any atom is -0.330 e. The van der Waals surface area contributed by atoms with E-state index in [-0.39, 0.29) is 5.92 Å². The van der Waals surface area contributed by atoms with Gasteiger partial charge in [-0.25, -0.2) is 0 Å². The van der Waals surface area contributed by atoms with Gasteiger partial charge in [0.25, 0.3) is 0 Å². The fraction of sp³-hybridized carbons (Fsp3) is 0.455. The maximum atomic E-state index is 11.8. The second-order valence-corrected chi connectivity index (χ2v) is 6.17. The Morgan fingerprint density at radius 2 is 2.12 bits per heavy atom. The van der Waals surface area contributed by atoms with Crippen LogP contribution in [0.25, 0.3) is 0 Å². The highest BCUT2D eigenvalue weighted by Gasteiger charge is 2.09. The van der Waals surface area contributed by atoms with E-state index in [0.717, 1.165) is 5.56 Å². The normalized spacial score (nSPS) is 14.8. The topological polar surface area (TPSA) is 43.1 Å². The zero-order valence-electron chi connectivity index (χ0n) is 9.08. The van der Waals surface area contributed by atoms with Crippen molar-refractivity contribution in [2.75, 3.05) is 12.3 Å². The summed E-state index contributed by atoms with van der Waals surface area (Å²) in [6.07, 6.45) is 0. The Bertz CT molecular complexity index is 384. The van der Waals surface area contributed by atoms with Gasteiger partial charge in [0.05, 0.1) is 5.75 Å². The number of rotatable bonds is 5. The molecule has 1 rings (SSSR count). The standard InChI is InChI=1S/C11H15Cl2NOS/c1-8(5-14)6-16(15)7-9-2-3-10(12)4-11(9)13/h2-4,8H,5-7,14H2,1H3. The van der Waals surface area contributed by atoms with E-state index in [1.54, 1.807) is 12.1 Å². The quantitative estimate of drug-likeness (QED) is 0.901. The highest BCUT2D eigenvalue weighted by molar-refractivity contribution is 7.84. The lowest BCUT2D eigenvalue weighted by Crippen LogP contribution is -2.18. The van der Waals surface area contributed by atoms with E-state index < -0.39 is 10.8 Å². The van der Waals surface area contributed by atoms with Crippen molar-refractivity contribution in [3.8, 4) is 0 Å². The van der Waals surface area contributed by atoms with Gasteiger partial charge in [-0.15, -0.1) is 0 Å². The van der Waals surface area contributed by atoms with Crippen LogP contribution >= 0.6 is 23.2 Å². The molecule has 90 valence electrons. The molecule has 2 nitrogen and oxygen atoms in total. The third-order valence-electron chi connectivity index (χ3n) is 2.20. The Labute approximate surface area is 109 Å². The fourth-order valence-corrected chi connectivity index (χ4v) is 3.30. The van der Waals surface area contributed by atoms with Crippen LogP contribution in [0.4, 0.5) is 0 Å². The Kier molecular flexibility index (Phi) is 5.76. The summed E-state index contributed by atoms with van der Waals surface area (Å²) in [5, 5.41) is 1.16. The highest BCUT2D eigenvalue weighted by atomic mass is 35.5. The van der Waals surface area contributed by atoms with Crippen molar-refractivity contribution in [1.29, 1.82) is 0 Å². The number of nitrogens with two attached hydrogens (primary N) is 1. The third kappa shape index (κ3) is 4.42. The molecule has 0 saturated carbocycles. The molecule has 0 amide bonds. The van der Waals surface area contributed by atoms with Crippen LogP contribution in [0.15, 0.2) is 18.2 Å². The van der Waals surface area contributed by atoms with Gasteiger partial charge in [0.15, 0.2) is 0 Å². The maximum absolute atomic E-state index is 11.8. The van der Waals surface area contributed by atoms with Crippen molar-refractivity contribution in [1.82, 2.24) is 0 Å². The van der Waals surface area contributed by atoms with Gasteiger partial charge in [0, 0.05) is 26.6 Å². The SMILES string of the molecule is CC(CN)CS(=O)Cc1ccc(Cl)cc1Cl. The first kappa shape index (κ1) is 14.0. The van der Waals surface area contributed by atoms with E-state index in [9.17, 15) is 4.21 Å². The molecule has 0 spiro atoms. The minimum atomic E-state index is -0.925. The van der Waals surface area contributed by atoms with E-state index in [4.69, 9.17) is 28.9 Å². The van der Waals surface area contributed by atoms with Crippen LogP contribution in [0, 0.1) is 5.92 Å². The smallest absolute Gasteiger partial charge is 0.0500 e. The van der Waals surface area contributed by atoms with Crippen LogP contribution in [0.2, 0.25) is 10.0 Å². The summed E-state index contributed by atoms with van der Waals surface area (Å²) < 4.78 is 11.8. The molecular weight excluding hydrogens is 265 g/mol. The van der Waals surface area contributed by atoms with Crippen LogP contribution < -0.4 is 5.73 Å². The second-order valence-electron chi connectivity index (χ2n) is 3.83. The molecule has 1 aromatic rings. The van der Waals surface area contributed by atoms with Gasteiger partial charge in [-0.05, 0) is 30.2 Å². The zero-order valence-corrected chi connectivity index (χ0v) is 11.4. The first-order chi connectivity index (χ1) is 7.52. The molecular formula is C11H15Cl2NOS. The number of hydrogen-bond donors (Lipinski definition) is 1. The summed E-state index contributed by atoms with van der Waals surface area (Å²) in [6, 6.07) is 5.24. The summed E-state index contributed by atoms with van der Waals surface area (Å²) in [6.45, 7) is 2.54. The zero-order chi connectivity index (χ0) is 12.1. The highest BCUT2D eigenvalue weighted by Crippen LogP contribution is 2.22. The summed E-state index contributed by atoms with van der Waals surface area (Å²) in [4.78, 5) is 0. The van der Waals surface area contributed by atoms with Gasteiger partial charge in [-0.1, -0.05) is 36.2 Å². The maximum Gasteiger partial charge on any atom is 0.0500 e. The van der Waals surface area contributed by atoms with Gasteiger partial charge in [0.1, 0.15) is 0 Å². The number of benzene rings is 1. The fourth-order valence-electron chi connectivity index (χ4n) is 1.26. The molecule has 0 fully saturated rings. The molecule has 0 saturated heterocycles. The minimum absolute atomic E-state index is 0.270. The molecule has 0 aliphatic rings. The molecule has 0 aromatic heterocycles. The lowest BCUT2D eigenvalue weighted by atomic mass is 10.2. The molecule has 0 radical (unpaired) electrons. The third-order valence-corrected chi connectivity index (χ3v) is 4.37. The Morgan fingerprint density at radius 1 is 1.44 bits per heavy atom. The molecule has 0 aliphatic carbocycles. The summed E-state index contributed by atoms with van der Waals surface area (Å²) >= 11 is 11.8. The lowest BCUT2D eigenvalue weighted by Gasteiger charge is -2.09. The molecule has 2 unspecified atom stereocenters. The Balaban J connectivity index is 2.63. The van der Waals surface area contributed by atoms with Crippen molar-refractivity contribution in [2.24, 2.45) is 11.7 Å². The van der Waals surface area contributed by atoms with Crippen LogP contribution in [0.1, 0.15) is 12.5 Å². The number of hydrogen-bond acceptors (Lipinski definition) is 2. The molecule has 2 N–H and O–H groups in total. The van der Waals surface area contributed by atoms with Crippen molar-refractivity contribution in [2.45, 2.75) is 12.7 Å². The molecule has 0 bridgehead atoms. The molecule has 2 atom stereocenters. The average Bonchev–Trinajstić information content (AvgIpc) is 2.22. The van der Waals surface area contributed by atoms with E-state index in [0.29, 0.717) is 28.1 Å². The van der Waals surface area contributed by atoms with Crippen LogP contribution in [0.3, 0.4) is 0 Å². The molecule has 0 heterocycles. The van der Waals surface area contributed by atoms with E-state index in [1.165, 1.54) is 0 Å². The van der Waals surface area contributed by atoms with Crippen molar-refractivity contribution < 1.29 is 4.21 Å². The predicted molar refractivity (Wildman–Crippen MR) is 71.4 cm³/mol. The van der Waals surface area contributed by atoms with Gasteiger partial charge in [-0.3, -0.25) is 4.21 Å². The van der Waals surface area contributed by atoms with Gasteiger partial charge in [-0.2, -0.15) is 0 Å². The Hall–Kier alpha value is -0.0900. The molecule has 5 heteroatoms.